The molecule has 196 valence electrons. The van der Waals surface area contributed by atoms with E-state index in [1.165, 1.54) is 19.2 Å². The molecule has 0 aromatic heterocycles. The first-order chi connectivity index (χ1) is 18.1. The summed E-state index contributed by atoms with van der Waals surface area (Å²) in [5.74, 6) is -1.98. The zero-order valence-corrected chi connectivity index (χ0v) is 21.2. The number of hydrogen-bond donors (Lipinski definition) is 3. The number of ether oxygens (including phenoxy) is 1. The molecule has 2 amide bonds. The maximum absolute atomic E-state index is 14.7. The highest BCUT2D eigenvalue weighted by molar-refractivity contribution is 6.32. The lowest BCUT2D eigenvalue weighted by molar-refractivity contribution is -0.135. The fourth-order valence-electron chi connectivity index (χ4n) is 5.04. The lowest BCUT2D eigenvalue weighted by Gasteiger charge is -2.45. The van der Waals surface area contributed by atoms with Crippen molar-refractivity contribution in [1.29, 1.82) is 0 Å². The molecule has 3 N–H and O–H groups in total. The third-order valence-corrected chi connectivity index (χ3v) is 6.96. The van der Waals surface area contributed by atoms with Gasteiger partial charge in [0.25, 0.3) is 5.91 Å². The van der Waals surface area contributed by atoms with Gasteiger partial charge in [-0.05, 0) is 36.2 Å². The number of amides is 2. The molecule has 0 spiro atoms. The molecule has 1 saturated heterocycles. The van der Waals surface area contributed by atoms with Crippen molar-refractivity contribution in [3.05, 3.63) is 64.5 Å². The molecular weight excluding hydrogens is 489 g/mol. The number of nitrogens with zero attached hydrogens (tertiary/aromatic N) is 2. The molecule has 2 aliphatic heterocycles. The van der Waals surface area contributed by atoms with Gasteiger partial charge in [-0.3, -0.25) is 14.5 Å². The van der Waals surface area contributed by atoms with Gasteiger partial charge in [-0.25, -0.2) is 4.39 Å². The highest BCUT2D eigenvalue weighted by atomic mass is 19.1. The molecule has 4 rings (SSSR count). The molecule has 38 heavy (non-hydrogen) atoms. The second-order valence-electron chi connectivity index (χ2n) is 9.47. The van der Waals surface area contributed by atoms with Crippen LogP contribution < -0.4 is 10.6 Å². The number of hydrogen-bond acceptors (Lipinski definition) is 7. The summed E-state index contributed by atoms with van der Waals surface area (Å²) in [6, 6.07) is 9.53. The number of halogens is 1. The Labute approximate surface area is 223 Å². The highest BCUT2D eigenvalue weighted by Crippen LogP contribution is 2.44. The van der Waals surface area contributed by atoms with Crippen LogP contribution in [0.25, 0.3) is 0 Å². The predicted octanol–water partition coefficient (Wildman–Crippen LogP) is 0.587. The number of carbonyl (C=O) groups is 3. The van der Waals surface area contributed by atoms with Gasteiger partial charge in [0.1, 0.15) is 25.6 Å². The lowest BCUT2D eigenvalue weighted by atomic mass is 9.68. The molecule has 2 heterocycles. The van der Waals surface area contributed by atoms with E-state index in [4.69, 9.17) is 20.4 Å². The topological polar surface area (TPSA) is 111 Å². The van der Waals surface area contributed by atoms with Gasteiger partial charge < -0.3 is 30.2 Å². The van der Waals surface area contributed by atoms with Crippen LogP contribution in [0.15, 0.2) is 36.4 Å². The van der Waals surface area contributed by atoms with Gasteiger partial charge >= 0.3 is 0 Å². The van der Waals surface area contributed by atoms with Crippen molar-refractivity contribution in [1.82, 2.24) is 15.1 Å². The Hall–Kier alpha value is -3.21. The standard InChI is InChI=1S/C26H29B2FN4O5/c1-30-24(36)25(27,8-3-11-34)33-23(35)19-4-2-5-21(22(19)26(33,28)37)31-15-18-14-17(6-7-20(18)29)16-32-9-12-38-13-10-32/h2,4-7,11,14,31,37H,3,8-10,12-13,15-16H2,1H3,(H,30,36). The van der Waals surface area contributed by atoms with Gasteiger partial charge in [0.2, 0.25) is 5.91 Å². The van der Waals surface area contributed by atoms with Crippen LogP contribution in [0.1, 0.15) is 39.9 Å². The smallest absolute Gasteiger partial charge is 0.256 e. The molecule has 2 aliphatic rings. The fourth-order valence-corrected chi connectivity index (χ4v) is 5.04. The Bertz CT molecular complexity index is 1220. The fraction of sp³-hybridized carbons (Fsp3) is 0.423. The second-order valence-corrected chi connectivity index (χ2v) is 9.47. The first kappa shape index (κ1) is 27.8. The third kappa shape index (κ3) is 5.21. The number of rotatable bonds is 10. The Kier molecular flexibility index (Phi) is 8.25. The molecule has 12 heteroatoms. The lowest BCUT2D eigenvalue weighted by Crippen LogP contribution is -2.65. The molecule has 2 atom stereocenters. The third-order valence-electron chi connectivity index (χ3n) is 6.96. The van der Waals surface area contributed by atoms with E-state index >= 15 is 0 Å². The quantitative estimate of drug-likeness (QED) is 0.312. The summed E-state index contributed by atoms with van der Waals surface area (Å²) >= 11 is 0. The van der Waals surface area contributed by atoms with E-state index < -0.39 is 28.7 Å². The predicted molar refractivity (Wildman–Crippen MR) is 140 cm³/mol. The largest absolute Gasteiger partial charge is 0.380 e. The molecule has 9 nitrogen and oxygen atoms in total. The van der Waals surface area contributed by atoms with Gasteiger partial charge in [-0.2, -0.15) is 0 Å². The van der Waals surface area contributed by atoms with Crippen LogP contribution in [-0.2, 0) is 33.0 Å². The summed E-state index contributed by atoms with van der Waals surface area (Å²) in [6.45, 7) is 3.61. The molecule has 0 bridgehead atoms. The van der Waals surface area contributed by atoms with Crippen LogP contribution in [0.3, 0.4) is 0 Å². The number of nitrogens with one attached hydrogen (secondary N) is 2. The molecule has 2 aromatic carbocycles. The summed E-state index contributed by atoms with van der Waals surface area (Å²) < 4.78 is 20.1. The zero-order valence-electron chi connectivity index (χ0n) is 21.2. The minimum atomic E-state index is -2.49. The second kappa shape index (κ2) is 11.3. The van der Waals surface area contributed by atoms with Crippen molar-refractivity contribution >= 4 is 39.5 Å². The van der Waals surface area contributed by atoms with E-state index in [-0.39, 0.29) is 36.2 Å². The van der Waals surface area contributed by atoms with Gasteiger partial charge in [-0.1, -0.05) is 12.1 Å². The zero-order chi connectivity index (χ0) is 27.5. The van der Waals surface area contributed by atoms with E-state index in [1.807, 2.05) is 0 Å². The van der Waals surface area contributed by atoms with Crippen molar-refractivity contribution in [3.63, 3.8) is 0 Å². The minimum Gasteiger partial charge on any atom is -0.380 e. The normalized spacial score (nSPS) is 21.0. The molecule has 2 unspecified atom stereocenters. The molecule has 0 saturated carbocycles. The number of carbonyl (C=O) groups excluding carboxylic acids is 3. The first-order valence-corrected chi connectivity index (χ1v) is 12.4. The van der Waals surface area contributed by atoms with Crippen LogP contribution in [0.5, 0.6) is 0 Å². The van der Waals surface area contributed by atoms with Crippen molar-refractivity contribution < 1.29 is 28.6 Å². The first-order valence-electron chi connectivity index (χ1n) is 12.4. The summed E-state index contributed by atoms with van der Waals surface area (Å²) in [7, 11) is 13.9. The Morgan fingerprint density at radius 3 is 2.71 bits per heavy atom. The summed E-state index contributed by atoms with van der Waals surface area (Å²) in [6.07, 6.45) is 0.146. The van der Waals surface area contributed by atoms with Crippen LogP contribution >= 0.6 is 0 Å². The maximum atomic E-state index is 14.7. The number of fused-ring (bicyclic) bond motifs is 1. The maximum Gasteiger partial charge on any atom is 0.256 e. The Morgan fingerprint density at radius 2 is 2.03 bits per heavy atom. The SMILES string of the molecule is [B]C(CCC=O)(C(=O)NC)N1C(=O)c2cccc(NCc3cc(CN4CCOCC4)ccc3F)c2C1([B])O. The van der Waals surface area contributed by atoms with Crippen LogP contribution in [-0.4, -0.2) is 87.5 Å². The van der Waals surface area contributed by atoms with Crippen molar-refractivity contribution in [2.45, 2.75) is 37.0 Å². The van der Waals surface area contributed by atoms with Crippen molar-refractivity contribution in [3.8, 4) is 0 Å². The Balaban J connectivity index is 1.61. The molecule has 0 aliphatic carbocycles. The van der Waals surface area contributed by atoms with Crippen molar-refractivity contribution in [2.75, 3.05) is 38.7 Å². The minimum absolute atomic E-state index is 0.000268. The van der Waals surface area contributed by atoms with E-state index in [0.717, 1.165) is 18.7 Å². The summed E-state index contributed by atoms with van der Waals surface area (Å²) in [4.78, 5) is 40.1. The van der Waals surface area contributed by atoms with Crippen LogP contribution in [0.2, 0.25) is 0 Å². The molecule has 2 aromatic rings. The van der Waals surface area contributed by atoms with E-state index in [9.17, 15) is 23.9 Å². The number of aliphatic hydroxyl groups is 1. The Morgan fingerprint density at radius 1 is 1.29 bits per heavy atom. The van der Waals surface area contributed by atoms with Crippen LogP contribution in [0.4, 0.5) is 10.1 Å². The average Bonchev–Trinajstić information content (AvgIpc) is 3.13. The number of benzene rings is 2. The number of likely N-dealkylation sites (N-methyl/N-ethyl adjacent to an activating group) is 1. The van der Waals surface area contributed by atoms with Gasteiger partial charge in [0, 0.05) is 62.0 Å². The van der Waals surface area contributed by atoms with E-state index in [1.54, 1.807) is 24.3 Å². The number of aldehydes is 1. The molecule has 1 fully saturated rings. The van der Waals surface area contributed by atoms with Gasteiger partial charge in [0.15, 0.2) is 7.85 Å². The van der Waals surface area contributed by atoms with Gasteiger partial charge in [-0.15, -0.1) is 0 Å². The number of morpholine rings is 1. The van der Waals surface area contributed by atoms with E-state index in [2.05, 4.69) is 15.5 Å². The van der Waals surface area contributed by atoms with Gasteiger partial charge in [0.05, 0.1) is 18.7 Å². The highest BCUT2D eigenvalue weighted by Gasteiger charge is 2.55. The molecular formula is C26H29B2FN4O5. The van der Waals surface area contributed by atoms with E-state index in [0.29, 0.717) is 36.5 Å². The summed E-state index contributed by atoms with van der Waals surface area (Å²) in [5.41, 5.74) is -2.96. The average molecular weight is 518 g/mol. The van der Waals surface area contributed by atoms with Crippen molar-refractivity contribution in [2.24, 2.45) is 0 Å². The summed E-state index contributed by atoms with van der Waals surface area (Å²) in [5, 5.41) is 16.9. The monoisotopic (exact) mass is 518 g/mol. The number of anilines is 1. The van der Waals surface area contributed by atoms with Crippen LogP contribution in [0, 0.1) is 5.82 Å². The molecule has 4 radical (unpaired) electrons.